The van der Waals surface area contributed by atoms with E-state index in [1.807, 2.05) is 0 Å². The van der Waals surface area contributed by atoms with Crippen LogP contribution in [0.2, 0.25) is 0 Å². The van der Waals surface area contributed by atoms with Crippen LogP contribution in [0, 0.1) is 23.7 Å². The number of nitrogens with two attached hydrogens (primary N) is 6. The highest BCUT2D eigenvalue weighted by Gasteiger charge is 2.39. The van der Waals surface area contributed by atoms with E-state index in [4.69, 9.17) is 34.4 Å². The van der Waals surface area contributed by atoms with Crippen LogP contribution in [0.4, 0.5) is 0 Å². The van der Waals surface area contributed by atoms with Crippen molar-refractivity contribution in [3.63, 3.8) is 0 Å². The fourth-order valence-corrected chi connectivity index (χ4v) is 11.4. The van der Waals surface area contributed by atoms with Crippen molar-refractivity contribution in [2.75, 3.05) is 25.1 Å². The Bertz CT molecular complexity index is 3310. The van der Waals surface area contributed by atoms with Crippen LogP contribution in [0.25, 0.3) is 0 Å². The summed E-state index contributed by atoms with van der Waals surface area (Å²) in [6, 6.07) is -5.32. The van der Waals surface area contributed by atoms with Crippen LogP contribution in [-0.4, -0.2) is 202 Å². The molecule has 14 atom stereocenters. The number of unbranched alkanes of at least 4 members (excludes halogenated alkanes) is 1. The lowest BCUT2D eigenvalue weighted by atomic mass is 9.95. The van der Waals surface area contributed by atoms with Gasteiger partial charge in [0, 0.05) is 19.4 Å². The molecule has 0 fully saturated rings. The first-order valence-corrected chi connectivity index (χ1v) is 37.4. The Labute approximate surface area is 629 Å². The number of phenolic OH excluding ortho intramolecular Hbond substituents is 2. The van der Waals surface area contributed by atoms with Crippen LogP contribution in [0.5, 0.6) is 11.5 Å². The van der Waals surface area contributed by atoms with E-state index >= 15 is 0 Å². The topological polar surface area (TPSA) is 600 Å². The van der Waals surface area contributed by atoms with E-state index in [0.717, 1.165) is 6.92 Å². The normalized spacial score (nSPS) is 15.1. The molecule has 0 unspecified atom stereocenters. The number of nitrogens with zero attached hydrogens (tertiary/aromatic N) is 1. The predicted molar refractivity (Wildman–Crippen MR) is 402 cm³/mol. The standard InChI is InChI=1S/C71H116N18O17S/c1-11-39(7)57(89-67(102)52(33-38(5)6)85-65(100)51(32-37(3)4)84-62(97)49(26-27-55(74)92)80-59(94)46(73)34-42-18-22-44(90)23-19-42)68(103)83-48(17-15-30-78-71(76)77)60(95)82-50(28-31-107-10)63(98)88-58(40(8)12-2)69(104)87-53(35-43-20-24-45(91)25-21-43)66(101)81-47(16-13-14-29-72)61(96)86-54(36-56(75)93)64(99)79-41(9)70(105)106/h18-25,37-41,46-54,57-58,90-91H,11-17,26-36,72-73H2,1-10H3,(H2,74,92)(H2,75,93)(H,79,99)(H,80,94)(H,81,101)(H,82,95)(H,83,103)(H,84,97)(H,85,100)(H,86,96)(H,87,104)(H,88,98)(H,89,102)(H,105,106)(H4,76,77,78)/t39-,40-,41-,46-,47-,48-,49-,50-,51-,52-,53-,54-,57-,58-/m0/s1. The highest BCUT2D eigenvalue weighted by Crippen LogP contribution is 2.19. The van der Waals surface area contributed by atoms with Gasteiger partial charge in [-0.1, -0.05) is 92.5 Å². The zero-order valence-corrected chi connectivity index (χ0v) is 63.8. The average Bonchev–Trinajstić information content (AvgIpc) is 0.866. The van der Waals surface area contributed by atoms with E-state index in [1.165, 1.54) is 48.2 Å². The van der Waals surface area contributed by atoms with Crippen molar-refractivity contribution < 1.29 is 82.4 Å². The second-order valence-corrected chi connectivity index (χ2v) is 28.6. The lowest BCUT2D eigenvalue weighted by Crippen LogP contribution is -2.62. The van der Waals surface area contributed by atoms with Crippen LogP contribution in [0.15, 0.2) is 53.5 Å². The SMILES string of the molecule is CC[C@H](C)[C@H](NC(=O)[C@H](CC(C)C)NC(=O)[C@H](CC(C)C)NC(=O)[C@H](CCC(N)=O)NC(=O)[C@@H](N)Cc1ccc(O)cc1)C(=O)N[C@@H](CCCN=C(N)N)C(=O)N[C@@H](CCSC)C(=O)N[C@H](C(=O)N[C@@H](Cc1ccc(O)cc1)C(=O)N[C@@H](CCCCN)C(=O)N[C@@H](CC(N)=O)C(=O)N[C@@H](C)C(=O)O)[C@@H](C)CC. The molecule has 2 aromatic carbocycles. The maximum absolute atomic E-state index is 14.8. The van der Waals surface area contributed by atoms with Crippen LogP contribution < -0.4 is 92.9 Å². The molecule has 2 rings (SSSR count). The van der Waals surface area contributed by atoms with Gasteiger partial charge < -0.3 is 108 Å². The third-order valence-electron chi connectivity index (χ3n) is 17.5. The van der Waals surface area contributed by atoms with E-state index < -0.39 is 174 Å². The van der Waals surface area contributed by atoms with Crippen molar-refractivity contribution in [3.05, 3.63) is 59.7 Å². The largest absolute Gasteiger partial charge is 0.508 e. The molecule has 36 heteroatoms. The Morgan fingerprint density at radius 2 is 0.813 bits per heavy atom. The van der Waals surface area contributed by atoms with Gasteiger partial charge in [-0.05, 0) is 149 Å². The molecule has 107 heavy (non-hydrogen) atoms. The number of carboxylic acids is 1. The summed E-state index contributed by atoms with van der Waals surface area (Å²) in [7, 11) is 0. The number of carbonyl (C=O) groups is 14. The maximum atomic E-state index is 14.8. The molecule has 13 amide bonds. The number of carbonyl (C=O) groups excluding carboxylic acids is 13. The van der Waals surface area contributed by atoms with E-state index in [-0.39, 0.29) is 125 Å². The zero-order valence-electron chi connectivity index (χ0n) is 63.0. The van der Waals surface area contributed by atoms with Gasteiger partial charge in [0.15, 0.2) is 5.96 Å². The van der Waals surface area contributed by atoms with Gasteiger partial charge in [0.2, 0.25) is 76.8 Å². The number of primary amides is 2. The zero-order chi connectivity index (χ0) is 80.8. The number of amides is 13. The van der Waals surface area contributed by atoms with Gasteiger partial charge in [-0.3, -0.25) is 72.1 Å². The lowest BCUT2D eigenvalue weighted by molar-refractivity contribution is -0.142. The van der Waals surface area contributed by atoms with Gasteiger partial charge in [-0.2, -0.15) is 11.8 Å². The summed E-state index contributed by atoms with van der Waals surface area (Å²) < 4.78 is 0. The van der Waals surface area contributed by atoms with Crippen molar-refractivity contribution >= 4 is 100 Å². The number of benzene rings is 2. The predicted octanol–water partition coefficient (Wildman–Crippen LogP) is -2.09. The third kappa shape index (κ3) is 35.4. The second-order valence-electron chi connectivity index (χ2n) is 27.6. The number of aromatic hydroxyl groups is 2. The highest BCUT2D eigenvalue weighted by atomic mass is 32.2. The number of aliphatic imine (C=N–C) groups is 1. The Morgan fingerprint density at radius 1 is 0.439 bits per heavy atom. The van der Waals surface area contributed by atoms with Crippen LogP contribution in [0.3, 0.4) is 0 Å². The van der Waals surface area contributed by atoms with E-state index in [9.17, 15) is 82.4 Å². The third-order valence-corrected chi connectivity index (χ3v) is 18.1. The van der Waals surface area contributed by atoms with Crippen molar-refractivity contribution in [2.24, 2.45) is 63.1 Å². The number of nitrogens with one attached hydrogen (secondary N) is 11. The van der Waals surface area contributed by atoms with Gasteiger partial charge >= 0.3 is 5.97 Å². The van der Waals surface area contributed by atoms with Gasteiger partial charge in [0.05, 0.1) is 12.5 Å². The number of hydrogen-bond acceptors (Lipinski definition) is 20. The summed E-state index contributed by atoms with van der Waals surface area (Å²) in [5.41, 5.74) is 35.1. The molecule has 26 N–H and O–H groups in total. The van der Waals surface area contributed by atoms with E-state index in [1.54, 1.807) is 73.8 Å². The minimum Gasteiger partial charge on any atom is -0.508 e. The molecule has 2 aromatic rings. The Morgan fingerprint density at radius 3 is 1.24 bits per heavy atom. The molecule has 0 aliphatic carbocycles. The fraction of sp³-hybridized carbons (Fsp3) is 0.620. The number of carboxylic acid groups (broad SMARTS) is 1. The highest BCUT2D eigenvalue weighted by molar-refractivity contribution is 7.98. The maximum Gasteiger partial charge on any atom is 0.325 e. The van der Waals surface area contributed by atoms with Gasteiger partial charge in [-0.15, -0.1) is 0 Å². The van der Waals surface area contributed by atoms with Crippen LogP contribution >= 0.6 is 11.8 Å². The molecule has 0 saturated carbocycles. The molecule has 0 heterocycles. The summed E-state index contributed by atoms with van der Waals surface area (Å²) in [5.74, 6) is -14.7. The number of hydrogen-bond donors (Lipinski definition) is 20. The Balaban J connectivity index is 2.59. The monoisotopic (exact) mass is 1520 g/mol. The molecular formula is C71H116N18O17S. The van der Waals surface area contributed by atoms with Crippen molar-refractivity contribution in [2.45, 2.75) is 231 Å². The molecule has 0 radical (unpaired) electrons. The minimum atomic E-state index is -1.68. The number of aliphatic carboxylic acids is 1. The number of rotatable bonds is 51. The van der Waals surface area contributed by atoms with Gasteiger partial charge in [0.25, 0.3) is 0 Å². The average molecular weight is 1530 g/mol. The molecule has 0 saturated heterocycles. The Kier molecular flexibility index (Phi) is 42.2. The minimum absolute atomic E-state index is 0.00348. The molecule has 35 nitrogen and oxygen atoms in total. The second kappa shape index (κ2) is 48.4. The Hall–Kier alpha value is -9.84. The summed E-state index contributed by atoms with van der Waals surface area (Å²) in [6.45, 7) is 15.3. The first-order chi connectivity index (χ1) is 50.3. The number of phenols is 2. The first-order valence-electron chi connectivity index (χ1n) is 36.0. The summed E-state index contributed by atoms with van der Waals surface area (Å²) in [4.78, 5) is 197. The van der Waals surface area contributed by atoms with E-state index in [2.05, 4.69) is 63.5 Å². The van der Waals surface area contributed by atoms with Crippen molar-refractivity contribution in [3.8, 4) is 11.5 Å². The summed E-state index contributed by atoms with van der Waals surface area (Å²) in [5, 5.41) is 58.1. The van der Waals surface area contributed by atoms with Gasteiger partial charge in [-0.25, -0.2) is 0 Å². The van der Waals surface area contributed by atoms with E-state index in [0.29, 0.717) is 24.0 Å². The van der Waals surface area contributed by atoms with Crippen LogP contribution in [0.1, 0.15) is 157 Å². The molecule has 0 aromatic heterocycles. The van der Waals surface area contributed by atoms with Gasteiger partial charge in [0.1, 0.15) is 78.0 Å². The fourth-order valence-electron chi connectivity index (χ4n) is 10.9. The summed E-state index contributed by atoms with van der Waals surface area (Å²) in [6.07, 6.45) is 1.26. The molecule has 0 aliphatic rings. The molecule has 0 bridgehead atoms. The first kappa shape index (κ1) is 93.2. The summed E-state index contributed by atoms with van der Waals surface area (Å²) >= 11 is 1.33. The molecule has 598 valence electrons. The smallest absolute Gasteiger partial charge is 0.325 e. The molecule has 0 aliphatic heterocycles. The van der Waals surface area contributed by atoms with Crippen LogP contribution in [-0.2, 0) is 80.0 Å². The number of thioether (sulfide) groups is 1. The van der Waals surface area contributed by atoms with Crippen molar-refractivity contribution in [1.82, 2.24) is 58.5 Å². The molecular weight excluding hydrogens is 1410 g/mol. The number of guanidine groups is 1. The molecule has 0 spiro atoms. The quantitative estimate of drug-likeness (QED) is 0.0192. The van der Waals surface area contributed by atoms with Crippen molar-refractivity contribution in [1.29, 1.82) is 0 Å². The lowest BCUT2D eigenvalue weighted by Gasteiger charge is -2.31.